The van der Waals surface area contributed by atoms with Crippen molar-refractivity contribution in [3.05, 3.63) is 37.1 Å². The van der Waals surface area contributed by atoms with Gasteiger partial charge in [0.25, 0.3) is 0 Å². The van der Waals surface area contributed by atoms with Crippen LogP contribution in [0.4, 0.5) is 11.9 Å². The van der Waals surface area contributed by atoms with E-state index in [1.807, 2.05) is 6.08 Å². The van der Waals surface area contributed by atoms with E-state index in [1.54, 1.807) is 30.0 Å². The van der Waals surface area contributed by atoms with Crippen LogP contribution >= 0.6 is 0 Å². The van der Waals surface area contributed by atoms with Crippen molar-refractivity contribution < 1.29 is 0 Å². The number of hydrogen-bond donors (Lipinski definition) is 3. The molecule has 0 aliphatic heterocycles. The molecule has 1 aromatic rings. The van der Waals surface area contributed by atoms with Crippen molar-refractivity contribution in [3.8, 4) is 0 Å². The summed E-state index contributed by atoms with van der Waals surface area (Å²) in [6.07, 6.45) is 8.53. The number of aromatic nitrogens is 3. The number of anilines is 2. The third-order valence-corrected chi connectivity index (χ3v) is 1.92. The van der Waals surface area contributed by atoms with Crippen molar-refractivity contribution in [2.45, 2.75) is 6.04 Å². The van der Waals surface area contributed by atoms with Crippen molar-refractivity contribution in [1.29, 1.82) is 0 Å². The van der Waals surface area contributed by atoms with E-state index in [2.05, 4.69) is 22.0 Å². The largest absolute Gasteiger partial charge is 0.405 e. The summed E-state index contributed by atoms with van der Waals surface area (Å²) in [5.41, 5.74) is 11.1. The van der Waals surface area contributed by atoms with Gasteiger partial charge in [0.05, 0.1) is 6.04 Å². The average Bonchev–Trinajstić information content (AvgIpc) is 2.66. The second-order valence-corrected chi connectivity index (χ2v) is 2.98. The van der Waals surface area contributed by atoms with Crippen LogP contribution in [-0.4, -0.2) is 21.8 Å². The number of nitrogen functional groups attached to an aromatic ring is 1. The summed E-state index contributed by atoms with van der Waals surface area (Å²) in [5.74, 6) is 0.793. The van der Waals surface area contributed by atoms with Crippen LogP contribution in [0.2, 0.25) is 0 Å². The first-order chi connectivity index (χ1) is 7.72. The summed E-state index contributed by atoms with van der Waals surface area (Å²) in [5, 5.41) is 7.00. The molecule has 1 heterocycles. The number of nitrogens with zero attached hydrogens (tertiary/aromatic N) is 3. The van der Waals surface area contributed by atoms with E-state index in [1.165, 1.54) is 6.20 Å². The molecule has 1 unspecified atom stereocenters. The lowest BCUT2D eigenvalue weighted by Gasteiger charge is -2.08. The predicted molar refractivity (Wildman–Crippen MR) is 65.7 cm³/mol. The first-order valence-corrected chi connectivity index (χ1v) is 4.80. The minimum absolute atomic E-state index is 0.169. The van der Waals surface area contributed by atoms with E-state index in [9.17, 15) is 0 Å². The van der Waals surface area contributed by atoms with Crippen LogP contribution < -0.4 is 16.8 Å². The van der Waals surface area contributed by atoms with E-state index < -0.39 is 0 Å². The number of nitrogens with one attached hydrogen (secondary N) is 1. The van der Waals surface area contributed by atoms with Crippen LogP contribution in [-0.2, 0) is 0 Å². The molecule has 16 heavy (non-hydrogen) atoms. The minimum Gasteiger partial charge on any atom is -0.405 e. The molecule has 0 spiro atoms. The first-order valence-electron chi connectivity index (χ1n) is 4.80. The molecule has 1 aromatic heterocycles. The molecular weight excluding hydrogens is 204 g/mol. The van der Waals surface area contributed by atoms with Crippen LogP contribution in [0.25, 0.3) is 0 Å². The second-order valence-electron chi connectivity index (χ2n) is 2.98. The minimum atomic E-state index is -0.169. The first kappa shape index (κ1) is 11.8. The Balaban J connectivity index is 3.04. The number of hydrogen-bond acceptors (Lipinski definition) is 5. The highest BCUT2D eigenvalue weighted by Crippen LogP contribution is 2.15. The van der Waals surface area contributed by atoms with Gasteiger partial charge >= 0.3 is 0 Å². The van der Waals surface area contributed by atoms with Crippen molar-refractivity contribution in [3.63, 3.8) is 0 Å². The fourth-order valence-electron chi connectivity index (χ4n) is 1.19. The Hall–Kier alpha value is -2.24. The summed E-state index contributed by atoms with van der Waals surface area (Å²) < 4.78 is 1.56. The van der Waals surface area contributed by atoms with Crippen LogP contribution in [0, 0.1) is 0 Å². The van der Waals surface area contributed by atoms with Gasteiger partial charge in [-0.2, -0.15) is 4.98 Å². The van der Waals surface area contributed by atoms with Gasteiger partial charge in [-0.15, -0.1) is 5.10 Å². The van der Waals surface area contributed by atoms with Crippen molar-refractivity contribution >= 4 is 11.9 Å². The molecule has 0 aromatic carbocycles. The van der Waals surface area contributed by atoms with Crippen LogP contribution in [0.1, 0.15) is 6.04 Å². The van der Waals surface area contributed by atoms with E-state index in [0.29, 0.717) is 11.9 Å². The van der Waals surface area contributed by atoms with Gasteiger partial charge in [-0.05, 0) is 12.3 Å². The predicted octanol–water partition coefficient (Wildman–Crippen LogP) is 0.658. The third kappa shape index (κ3) is 2.63. The molecule has 0 saturated carbocycles. The molecule has 1 rings (SSSR count). The summed E-state index contributed by atoms with van der Waals surface area (Å²) in [6, 6.07) is -0.169. The zero-order valence-corrected chi connectivity index (χ0v) is 9.17. The second kappa shape index (κ2) is 5.59. The standard InChI is InChI=1S/C10H16N6/c1-3-4-5-8(6-7-11)16-9(12)14-10(13-2)15-16/h3-8H,1,11H2,2H3,(H3,12,13,14,15)/b5-4?,7-6-. The molecule has 0 saturated heterocycles. The number of allylic oxidation sites excluding steroid dienone is 4. The highest BCUT2D eigenvalue weighted by molar-refractivity contribution is 5.32. The highest BCUT2D eigenvalue weighted by Gasteiger charge is 2.11. The van der Waals surface area contributed by atoms with Gasteiger partial charge in [0, 0.05) is 7.05 Å². The van der Waals surface area contributed by atoms with Crippen LogP contribution in [0.3, 0.4) is 0 Å². The third-order valence-electron chi connectivity index (χ3n) is 1.92. The average molecular weight is 220 g/mol. The van der Waals surface area contributed by atoms with Crippen molar-refractivity contribution in [2.24, 2.45) is 5.73 Å². The molecule has 0 aliphatic carbocycles. The molecule has 86 valence electrons. The monoisotopic (exact) mass is 220 g/mol. The number of rotatable bonds is 5. The normalized spacial score (nSPS) is 13.3. The summed E-state index contributed by atoms with van der Waals surface area (Å²) in [7, 11) is 1.73. The Bertz CT molecular complexity index is 403. The molecule has 0 radical (unpaired) electrons. The Labute approximate surface area is 94.3 Å². The molecule has 0 aliphatic rings. The van der Waals surface area contributed by atoms with Gasteiger partial charge in [-0.25, -0.2) is 4.68 Å². The van der Waals surface area contributed by atoms with Gasteiger partial charge in [-0.1, -0.05) is 24.8 Å². The molecule has 6 heteroatoms. The van der Waals surface area contributed by atoms with Crippen molar-refractivity contribution in [2.75, 3.05) is 18.1 Å². The number of nitrogens with two attached hydrogens (primary N) is 2. The SMILES string of the molecule is C=CC=CC(/C=C\N)n1nc(NC)nc1N. The molecule has 1 atom stereocenters. The lowest BCUT2D eigenvalue weighted by Crippen LogP contribution is -2.10. The van der Waals surface area contributed by atoms with Crippen LogP contribution in [0.15, 0.2) is 37.1 Å². The Morgan fingerprint density at radius 3 is 2.75 bits per heavy atom. The van der Waals surface area contributed by atoms with E-state index >= 15 is 0 Å². The van der Waals surface area contributed by atoms with E-state index in [4.69, 9.17) is 11.5 Å². The zero-order chi connectivity index (χ0) is 12.0. The fraction of sp³-hybridized carbons (Fsp3) is 0.200. The van der Waals surface area contributed by atoms with E-state index in [0.717, 1.165) is 0 Å². The molecule has 0 bridgehead atoms. The van der Waals surface area contributed by atoms with Gasteiger partial charge in [0.1, 0.15) is 0 Å². The molecule has 0 fully saturated rings. The molecular formula is C10H16N6. The Morgan fingerprint density at radius 2 is 2.25 bits per heavy atom. The summed E-state index contributed by atoms with van der Waals surface area (Å²) >= 11 is 0. The highest BCUT2D eigenvalue weighted by atomic mass is 15.4. The van der Waals surface area contributed by atoms with Gasteiger partial charge in [0.15, 0.2) is 0 Å². The lowest BCUT2D eigenvalue weighted by atomic mass is 10.2. The maximum atomic E-state index is 5.73. The Kier molecular flexibility index (Phi) is 4.14. The van der Waals surface area contributed by atoms with Crippen LogP contribution in [0.5, 0.6) is 0 Å². The zero-order valence-electron chi connectivity index (χ0n) is 9.17. The smallest absolute Gasteiger partial charge is 0.243 e. The fourth-order valence-corrected chi connectivity index (χ4v) is 1.19. The van der Waals surface area contributed by atoms with Gasteiger partial charge < -0.3 is 16.8 Å². The maximum absolute atomic E-state index is 5.73. The molecule has 5 N–H and O–H groups in total. The quantitative estimate of drug-likeness (QED) is 0.633. The maximum Gasteiger partial charge on any atom is 0.243 e. The lowest BCUT2D eigenvalue weighted by molar-refractivity contribution is 0.637. The Morgan fingerprint density at radius 1 is 1.50 bits per heavy atom. The van der Waals surface area contributed by atoms with E-state index in [-0.39, 0.29) is 6.04 Å². The van der Waals surface area contributed by atoms with Gasteiger partial charge in [-0.3, -0.25) is 0 Å². The molecule has 0 amide bonds. The van der Waals surface area contributed by atoms with Crippen molar-refractivity contribution in [1.82, 2.24) is 14.8 Å². The summed E-state index contributed by atoms with van der Waals surface area (Å²) in [6.45, 7) is 3.60. The summed E-state index contributed by atoms with van der Waals surface area (Å²) in [4.78, 5) is 4.02. The molecule has 6 nitrogen and oxygen atoms in total. The van der Waals surface area contributed by atoms with Gasteiger partial charge in [0.2, 0.25) is 11.9 Å². The topological polar surface area (TPSA) is 94.8 Å².